The van der Waals surface area contributed by atoms with Crippen LogP contribution >= 0.6 is 11.6 Å². The molecule has 1 aromatic carbocycles. The lowest BCUT2D eigenvalue weighted by molar-refractivity contribution is -0.125. The summed E-state index contributed by atoms with van der Waals surface area (Å²) in [5, 5.41) is 5.65. The van der Waals surface area contributed by atoms with Gasteiger partial charge in [0.25, 0.3) is 5.91 Å². The molecule has 114 valence electrons. The van der Waals surface area contributed by atoms with Crippen LogP contribution in [0.25, 0.3) is 0 Å². The molecule has 0 aliphatic heterocycles. The third-order valence-electron chi connectivity index (χ3n) is 2.57. The van der Waals surface area contributed by atoms with Gasteiger partial charge in [-0.3, -0.25) is 14.6 Å². The van der Waals surface area contributed by atoms with E-state index in [1.54, 1.807) is 42.6 Å². The molecule has 22 heavy (non-hydrogen) atoms. The van der Waals surface area contributed by atoms with Crippen LogP contribution in [0.3, 0.4) is 0 Å². The minimum atomic E-state index is -0.392. The van der Waals surface area contributed by atoms with Gasteiger partial charge in [-0.15, -0.1) is 0 Å². The van der Waals surface area contributed by atoms with Gasteiger partial charge in [-0.25, -0.2) is 0 Å². The quantitative estimate of drug-likeness (QED) is 0.851. The van der Waals surface area contributed by atoms with Crippen LogP contribution in [0.4, 0.5) is 5.69 Å². The number of anilines is 1. The molecule has 1 heterocycles. The molecular formula is C15H14ClN3O3. The average Bonchev–Trinajstić information content (AvgIpc) is 2.53. The monoisotopic (exact) mass is 319 g/mol. The number of nitrogens with zero attached hydrogens (tertiary/aromatic N) is 1. The van der Waals surface area contributed by atoms with Crippen LogP contribution in [0, 0.1) is 0 Å². The first-order valence-electron chi connectivity index (χ1n) is 6.48. The highest BCUT2D eigenvalue weighted by Gasteiger charge is 2.07. The molecule has 2 rings (SSSR count). The van der Waals surface area contributed by atoms with Crippen LogP contribution < -0.4 is 15.4 Å². The topological polar surface area (TPSA) is 80.3 Å². The van der Waals surface area contributed by atoms with Crippen LogP contribution in [0.1, 0.15) is 0 Å². The zero-order valence-corrected chi connectivity index (χ0v) is 12.3. The first-order chi connectivity index (χ1) is 10.6. The highest BCUT2D eigenvalue weighted by Crippen LogP contribution is 2.15. The Kier molecular flexibility index (Phi) is 5.73. The fourth-order valence-electron chi connectivity index (χ4n) is 1.55. The van der Waals surface area contributed by atoms with Crippen molar-refractivity contribution in [3.63, 3.8) is 0 Å². The lowest BCUT2D eigenvalue weighted by atomic mass is 10.3. The number of halogens is 1. The summed E-state index contributed by atoms with van der Waals surface area (Å²) in [5.74, 6) is -0.205. The molecule has 0 aliphatic rings. The number of carbonyl (C=O) groups is 2. The van der Waals surface area contributed by atoms with Gasteiger partial charge >= 0.3 is 0 Å². The minimum absolute atomic E-state index is 0.141. The van der Waals surface area contributed by atoms with Crippen LogP contribution in [0.15, 0.2) is 48.8 Å². The maximum atomic E-state index is 11.6. The summed E-state index contributed by atoms with van der Waals surface area (Å²) in [5.41, 5.74) is 0.569. The maximum Gasteiger partial charge on any atom is 0.258 e. The molecule has 0 spiro atoms. The van der Waals surface area contributed by atoms with E-state index in [1.807, 2.05) is 0 Å². The molecule has 2 amide bonds. The summed E-state index contributed by atoms with van der Waals surface area (Å²) < 4.78 is 5.26. The fourth-order valence-corrected chi connectivity index (χ4v) is 1.68. The van der Waals surface area contributed by atoms with E-state index in [0.717, 1.165) is 0 Å². The van der Waals surface area contributed by atoms with Gasteiger partial charge < -0.3 is 15.4 Å². The van der Waals surface area contributed by atoms with Crippen molar-refractivity contribution >= 4 is 29.1 Å². The molecular weight excluding hydrogens is 306 g/mol. The van der Waals surface area contributed by atoms with E-state index >= 15 is 0 Å². The van der Waals surface area contributed by atoms with Crippen LogP contribution in [-0.4, -0.2) is 29.9 Å². The lowest BCUT2D eigenvalue weighted by Gasteiger charge is -2.08. The number of benzene rings is 1. The van der Waals surface area contributed by atoms with E-state index in [1.165, 1.54) is 6.20 Å². The molecule has 0 saturated heterocycles. The van der Waals surface area contributed by atoms with Gasteiger partial charge in [0.15, 0.2) is 6.61 Å². The Bertz CT molecular complexity index is 632. The van der Waals surface area contributed by atoms with Crippen LogP contribution in [0.5, 0.6) is 5.75 Å². The Morgan fingerprint density at radius 1 is 1.14 bits per heavy atom. The third kappa shape index (κ3) is 5.41. The number of pyridine rings is 1. The van der Waals surface area contributed by atoms with E-state index in [2.05, 4.69) is 15.6 Å². The van der Waals surface area contributed by atoms with E-state index in [4.69, 9.17) is 16.3 Å². The molecule has 0 atom stereocenters. The largest absolute Gasteiger partial charge is 0.484 e. The van der Waals surface area contributed by atoms with Crippen molar-refractivity contribution in [2.24, 2.45) is 0 Å². The van der Waals surface area contributed by atoms with Gasteiger partial charge in [0.05, 0.1) is 18.4 Å². The van der Waals surface area contributed by atoms with Crippen molar-refractivity contribution < 1.29 is 14.3 Å². The van der Waals surface area contributed by atoms with Crippen molar-refractivity contribution in [1.82, 2.24) is 10.3 Å². The fraction of sp³-hybridized carbons (Fsp3) is 0.133. The highest BCUT2D eigenvalue weighted by atomic mass is 35.5. The Morgan fingerprint density at radius 2 is 1.91 bits per heavy atom. The smallest absolute Gasteiger partial charge is 0.258 e. The van der Waals surface area contributed by atoms with E-state index in [0.29, 0.717) is 16.5 Å². The first kappa shape index (κ1) is 15.8. The summed E-state index contributed by atoms with van der Waals surface area (Å²) in [6, 6.07) is 10.0. The zero-order valence-electron chi connectivity index (χ0n) is 11.6. The summed E-state index contributed by atoms with van der Waals surface area (Å²) in [6.45, 7) is -0.320. The Labute approximate surface area is 132 Å². The molecule has 0 unspecified atom stereocenters. The number of amides is 2. The maximum absolute atomic E-state index is 11.6. The van der Waals surface area contributed by atoms with Crippen molar-refractivity contribution in [3.8, 4) is 5.75 Å². The molecule has 0 aliphatic carbocycles. The number of rotatable bonds is 6. The van der Waals surface area contributed by atoms with Gasteiger partial charge in [-0.05, 0) is 36.4 Å². The number of hydrogen-bond acceptors (Lipinski definition) is 4. The molecule has 2 aromatic rings. The molecule has 0 radical (unpaired) electrons. The molecule has 6 nitrogen and oxygen atoms in total. The van der Waals surface area contributed by atoms with Crippen molar-refractivity contribution in [2.45, 2.75) is 0 Å². The molecule has 7 heteroatoms. The van der Waals surface area contributed by atoms with E-state index < -0.39 is 5.91 Å². The second-order valence-corrected chi connectivity index (χ2v) is 4.75. The Balaban J connectivity index is 1.69. The van der Waals surface area contributed by atoms with Gasteiger partial charge in [0.2, 0.25) is 5.91 Å². The summed E-state index contributed by atoms with van der Waals surface area (Å²) in [7, 11) is 0. The van der Waals surface area contributed by atoms with Crippen molar-refractivity contribution in [1.29, 1.82) is 0 Å². The van der Waals surface area contributed by atoms with Crippen molar-refractivity contribution in [3.05, 3.63) is 53.8 Å². The second-order valence-electron chi connectivity index (χ2n) is 4.31. The van der Waals surface area contributed by atoms with E-state index in [-0.39, 0.29) is 19.1 Å². The molecule has 0 bridgehead atoms. The van der Waals surface area contributed by atoms with Gasteiger partial charge in [-0.1, -0.05) is 11.6 Å². The normalized spacial score (nSPS) is 9.86. The highest BCUT2D eigenvalue weighted by molar-refractivity contribution is 6.30. The standard InChI is InChI=1S/C15H14ClN3O3/c16-11-3-5-13(6-4-11)22-10-15(21)18-9-14(20)19-12-2-1-7-17-8-12/h1-8H,9-10H2,(H,18,21)(H,19,20). The number of ether oxygens (including phenoxy) is 1. The molecule has 0 fully saturated rings. The van der Waals surface area contributed by atoms with Crippen LogP contribution in [-0.2, 0) is 9.59 Å². The predicted molar refractivity (Wildman–Crippen MR) is 82.8 cm³/mol. The average molecular weight is 320 g/mol. The number of aromatic nitrogens is 1. The Morgan fingerprint density at radius 3 is 2.59 bits per heavy atom. The number of hydrogen-bond donors (Lipinski definition) is 2. The summed E-state index contributed by atoms with van der Waals surface area (Å²) in [4.78, 5) is 27.1. The first-order valence-corrected chi connectivity index (χ1v) is 6.86. The summed E-state index contributed by atoms with van der Waals surface area (Å²) in [6.07, 6.45) is 3.12. The summed E-state index contributed by atoms with van der Waals surface area (Å²) >= 11 is 5.74. The number of nitrogens with one attached hydrogen (secondary N) is 2. The van der Waals surface area contributed by atoms with Gasteiger partial charge in [-0.2, -0.15) is 0 Å². The van der Waals surface area contributed by atoms with Gasteiger partial charge in [0, 0.05) is 11.2 Å². The van der Waals surface area contributed by atoms with Crippen molar-refractivity contribution in [2.75, 3.05) is 18.5 Å². The number of carbonyl (C=O) groups excluding carboxylic acids is 2. The van der Waals surface area contributed by atoms with Crippen LogP contribution in [0.2, 0.25) is 5.02 Å². The van der Waals surface area contributed by atoms with E-state index in [9.17, 15) is 9.59 Å². The third-order valence-corrected chi connectivity index (χ3v) is 2.83. The predicted octanol–water partition coefficient (Wildman–Crippen LogP) is 1.87. The Hall–Kier alpha value is -2.60. The molecule has 0 saturated carbocycles. The van der Waals surface area contributed by atoms with Gasteiger partial charge in [0.1, 0.15) is 5.75 Å². The molecule has 2 N–H and O–H groups in total. The minimum Gasteiger partial charge on any atom is -0.484 e. The SMILES string of the molecule is O=C(COc1ccc(Cl)cc1)NCC(=O)Nc1cccnc1. The molecule has 1 aromatic heterocycles. The lowest BCUT2D eigenvalue weighted by Crippen LogP contribution is -2.35. The second kappa shape index (κ2) is 7.99. The zero-order chi connectivity index (χ0) is 15.8.